The Bertz CT molecular complexity index is 1010. The zero-order chi connectivity index (χ0) is 15.4. The van der Waals surface area contributed by atoms with E-state index in [4.69, 9.17) is 5.73 Å². The molecular formula is C18H16N4S. The maximum Gasteiger partial charge on any atom is 0.181 e. The molecule has 0 saturated heterocycles. The van der Waals surface area contributed by atoms with Crippen LogP contribution in [0, 0.1) is 0 Å². The van der Waals surface area contributed by atoms with Gasteiger partial charge in [-0.2, -0.15) is 0 Å². The Balaban J connectivity index is 1.46. The van der Waals surface area contributed by atoms with Crippen molar-refractivity contribution in [3.63, 3.8) is 0 Å². The minimum absolute atomic E-state index is 0.527. The van der Waals surface area contributed by atoms with Crippen LogP contribution >= 0.6 is 11.3 Å². The first-order valence-electron chi connectivity index (χ1n) is 7.86. The second-order valence-corrected chi connectivity index (χ2v) is 7.27. The molecule has 0 amide bonds. The van der Waals surface area contributed by atoms with Crippen molar-refractivity contribution in [2.75, 3.05) is 5.73 Å². The molecule has 1 fully saturated rings. The van der Waals surface area contributed by atoms with Crippen molar-refractivity contribution < 1.29 is 0 Å². The fourth-order valence-electron chi connectivity index (χ4n) is 3.67. The number of pyridine rings is 1. The van der Waals surface area contributed by atoms with Crippen LogP contribution in [0.5, 0.6) is 0 Å². The highest BCUT2D eigenvalue weighted by Crippen LogP contribution is 2.47. The van der Waals surface area contributed by atoms with Crippen LogP contribution in [0.2, 0.25) is 0 Å². The molecule has 3 heterocycles. The van der Waals surface area contributed by atoms with E-state index in [1.165, 1.54) is 15.6 Å². The average molecular weight is 320 g/mol. The van der Waals surface area contributed by atoms with E-state index in [1.54, 1.807) is 11.3 Å². The molecule has 0 radical (unpaired) electrons. The van der Waals surface area contributed by atoms with Gasteiger partial charge in [-0.25, -0.2) is 9.97 Å². The van der Waals surface area contributed by atoms with Gasteiger partial charge in [-0.1, -0.05) is 23.5 Å². The molecular weight excluding hydrogens is 304 g/mol. The van der Waals surface area contributed by atoms with Crippen molar-refractivity contribution >= 4 is 37.7 Å². The van der Waals surface area contributed by atoms with Gasteiger partial charge < -0.3 is 10.3 Å². The van der Waals surface area contributed by atoms with Gasteiger partial charge in [-0.3, -0.25) is 0 Å². The predicted molar refractivity (Wildman–Crippen MR) is 94.8 cm³/mol. The summed E-state index contributed by atoms with van der Waals surface area (Å²) < 4.78 is 3.51. The van der Waals surface area contributed by atoms with Crippen molar-refractivity contribution in [1.82, 2.24) is 14.5 Å². The van der Waals surface area contributed by atoms with Gasteiger partial charge in [-0.15, -0.1) is 0 Å². The summed E-state index contributed by atoms with van der Waals surface area (Å²) in [6.07, 6.45) is 6.31. The van der Waals surface area contributed by atoms with E-state index < -0.39 is 0 Å². The van der Waals surface area contributed by atoms with Crippen molar-refractivity contribution in [3.8, 4) is 0 Å². The number of hydrogen-bond acceptors (Lipinski definition) is 4. The van der Waals surface area contributed by atoms with Gasteiger partial charge in [0.25, 0.3) is 0 Å². The van der Waals surface area contributed by atoms with Crippen LogP contribution in [0.25, 0.3) is 21.3 Å². The first-order valence-corrected chi connectivity index (χ1v) is 8.68. The van der Waals surface area contributed by atoms with Gasteiger partial charge in [0, 0.05) is 23.8 Å². The lowest BCUT2D eigenvalue weighted by Crippen LogP contribution is -2.25. The number of hydrogen-bond donors (Lipinski definition) is 1. The normalized spacial score (nSPS) is 20.9. The minimum atomic E-state index is 0.527. The summed E-state index contributed by atoms with van der Waals surface area (Å²) >= 11 is 1.57. The number of nitrogens with two attached hydrogens (primary N) is 1. The zero-order valence-corrected chi connectivity index (χ0v) is 13.3. The second-order valence-electron chi connectivity index (χ2n) is 6.21. The van der Waals surface area contributed by atoms with Gasteiger partial charge in [-0.05, 0) is 48.6 Å². The van der Waals surface area contributed by atoms with E-state index in [-0.39, 0.29) is 0 Å². The van der Waals surface area contributed by atoms with Crippen molar-refractivity contribution in [3.05, 3.63) is 54.4 Å². The van der Waals surface area contributed by atoms with Crippen LogP contribution in [0.4, 0.5) is 5.13 Å². The molecule has 2 N–H and O–H groups in total. The third-order valence-electron chi connectivity index (χ3n) is 4.89. The van der Waals surface area contributed by atoms with E-state index >= 15 is 0 Å². The highest BCUT2D eigenvalue weighted by Gasteiger charge is 2.33. The maximum atomic E-state index is 5.88. The van der Waals surface area contributed by atoms with E-state index in [1.807, 2.05) is 12.3 Å². The minimum Gasteiger partial charge on any atom is -0.375 e. The van der Waals surface area contributed by atoms with Gasteiger partial charge in [0.2, 0.25) is 0 Å². The van der Waals surface area contributed by atoms with Crippen LogP contribution in [0.3, 0.4) is 0 Å². The number of para-hydroxylation sites is 1. The number of fused-ring (bicyclic) bond motifs is 2. The summed E-state index contributed by atoms with van der Waals surface area (Å²) in [6, 6.07) is 13.2. The fraction of sp³-hybridized carbons (Fsp3) is 0.222. The zero-order valence-electron chi connectivity index (χ0n) is 12.5. The summed E-state index contributed by atoms with van der Waals surface area (Å²) in [5.41, 5.74) is 9.41. The molecule has 0 spiro atoms. The highest BCUT2D eigenvalue weighted by atomic mass is 32.1. The monoisotopic (exact) mass is 320 g/mol. The largest absolute Gasteiger partial charge is 0.375 e. The molecule has 5 heteroatoms. The van der Waals surface area contributed by atoms with Crippen LogP contribution < -0.4 is 5.73 Å². The Morgan fingerprint density at radius 2 is 2.04 bits per heavy atom. The molecule has 3 aromatic heterocycles. The lowest BCUT2D eigenvalue weighted by atomic mass is 9.75. The van der Waals surface area contributed by atoms with E-state index in [0.717, 1.165) is 24.0 Å². The van der Waals surface area contributed by atoms with Gasteiger partial charge in [0.05, 0.1) is 10.2 Å². The standard InChI is InChI=1S/C18H16N4S/c19-18-21-16-14(4-1-5-15(16)23-18)12-9-13(10-12)22-8-6-11-3-2-7-20-17(11)22/h1-8,12-13H,9-10H2,(H2,19,21). The molecule has 1 saturated carbocycles. The lowest BCUT2D eigenvalue weighted by Gasteiger charge is -2.37. The lowest BCUT2D eigenvalue weighted by molar-refractivity contribution is 0.271. The number of nitrogens with zero attached hydrogens (tertiary/aromatic N) is 3. The van der Waals surface area contributed by atoms with Crippen LogP contribution in [-0.2, 0) is 0 Å². The van der Waals surface area contributed by atoms with E-state index in [0.29, 0.717) is 17.1 Å². The third kappa shape index (κ3) is 1.96. The van der Waals surface area contributed by atoms with E-state index in [2.05, 4.69) is 51.1 Å². The Hall–Kier alpha value is -2.40. The number of aromatic nitrogens is 3. The second kappa shape index (κ2) is 4.80. The molecule has 4 nitrogen and oxygen atoms in total. The number of thiazole rings is 1. The molecule has 5 rings (SSSR count). The smallest absolute Gasteiger partial charge is 0.181 e. The molecule has 1 aliphatic rings. The first-order chi connectivity index (χ1) is 11.3. The molecule has 0 atom stereocenters. The SMILES string of the molecule is Nc1nc2c(C3CC(n4ccc5cccnc54)C3)cccc2s1. The first kappa shape index (κ1) is 13.1. The summed E-state index contributed by atoms with van der Waals surface area (Å²) in [7, 11) is 0. The Kier molecular flexibility index (Phi) is 2.73. The topological polar surface area (TPSA) is 56.7 Å². The molecule has 0 aliphatic heterocycles. The number of anilines is 1. The van der Waals surface area contributed by atoms with Gasteiger partial charge in [0.1, 0.15) is 5.65 Å². The van der Waals surface area contributed by atoms with Gasteiger partial charge in [0.15, 0.2) is 5.13 Å². The molecule has 4 aromatic rings. The summed E-state index contributed by atoms with van der Waals surface area (Å²) in [6.45, 7) is 0. The molecule has 1 aliphatic carbocycles. The highest BCUT2D eigenvalue weighted by molar-refractivity contribution is 7.22. The predicted octanol–water partition coefficient (Wildman–Crippen LogP) is 4.35. The van der Waals surface area contributed by atoms with Crippen LogP contribution in [0.1, 0.15) is 30.4 Å². The Labute approximate surface area is 137 Å². The Morgan fingerprint density at radius 3 is 2.96 bits per heavy atom. The number of rotatable bonds is 2. The average Bonchev–Trinajstić information content (AvgIpc) is 3.09. The quantitative estimate of drug-likeness (QED) is 0.597. The van der Waals surface area contributed by atoms with Crippen molar-refractivity contribution in [1.29, 1.82) is 0 Å². The fourth-order valence-corrected chi connectivity index (χ4v) is 4.44. The molecule has 114 valence electrons. The number of benzene rings is 1. The number of nitrogen functional groups attached to an aromatic ring is 1. The Morgan fingerprint density at radius 1 is 1.13 bits per heavy atom. The molecule has 0 bridgehead atoms. The van der Waals surface area contributed by atoms with Crippen LogP contribution in [0.15, 0.2) is 48.8 Å². The molecule has 23 heavy (non-hydrogen) atoms. The van der Waals surface area contributed by atoms with Gasteiger partial charge >= 0.3 is 0 Å². The third-order valence-corrected chi connectivity index (χ3v) is 5.74. The molecule has 0 unspecified atom stereocenters. The maximum absolute atomic E-state index is 5.88. The van der Waals surface area contributed by atoms with Crippen molar-refractivity contribution in [2.45, 2.75) is 24.8 Å². The molecule has 1 aromatic carbocycles. The van der Waals surface area contributed by atoms with Crippen LogP contribution in [-0.4, -0.2) is 14.5 Å². The summed E-state index contributed by atoms with van der Waals surface area (Å²) in [5, 5.41) is 1.87. The van der Waals surface area contributed by atoms with Crippen molar-refractivity contribution in [2.24, 2.45) is 0 Å². The summed E-state index contributed by atoms with van der Waals surface area (Å²) in [4.78, 5) is 9.06. The van der Waals surface area contributed by atoms with E-state index in [9.17, 15) is 0 Å². The summed E-state index contributed by atoms with van der Waals surface area (Å²) in [5.74, 6) is 0.561.